The van der Waals surface area contributed by atoms with E-state index in [9.17, 15) is 4.79 Å². The predicted octanol–water partition coefficient (Wildman–Crippen LogP) is 1.97. The number of fused-ring (bicyclic) bond motifs is 2. The normalized spacial score (nSPS) is 44.9. The van der Waals surface area contributed by atoms with Crippen LogP contribution < -0.4 is 0 Å². The number of hydrogen-bond acceptors (Lipinski definition) is 1. The van der Waals surface area contributed by atoms with Crippen molar-refractivity contribution in [2.24, 2.45) is 11.3 Å². The van der Waals surface area contributed by atoms with Gasteiger partial charge in [0.15, 0.2) is 0 Å². The summed E-state index contributed by atoms with van der Waals surface area (Å²) in [4.78, 5) is 11.5. The lowest BCUT2D eigenvalue weighted by molar-refractivity contribution is -0.125. The van der Waals surface area contributed by atoms with Crippen molar-refractivity contribution < 1.29 is 4.79 Å². The van der Waals surface area contributed by atoms with E-state index >= 15 is 0 Å². The van der Waals surface area contributed by atoms with E-state index in [4.69, 9.17) is 0 Å². The first-order valence-electron chi connectivity index (χ1n) is 4.12. The van der Waals surface area contributed by atoms with Crippen LogP contribution in [0.15, 0.2) is 0 Å². The molecule has 1 heteroatoms. The second kappa shape index (κ2) is 1.84. The van der Waals surface area contributed by atoms with Crippen LogP contribution in [0.4, 0.5) is 0 Å². The van der Waals surface area contributed by atoms with E-state index < -0.39 is 0 Å². The standard InChI is InChI=1S/C9H13O/c1-2-9-5-3-7(4-6-9)8(9)10/h7H,1-6H2. The maximum Gasteiger partial charge on any atom is 0.142 e. The molecule has 1 radical (unpaired) electrons. The summed E-state index contributed by atoms with van der Waals surface area (Å²) in [6.07, 6.45) is 5.38. The topological polar surface area (TPSA) is 17.1 Å². The summed E-state index contributed by atoms with van der Waals surface area (Å²) in [5, 5.41) is 0. The van der Waals surface area contributed by atoms with Crippen LogP contribution >= 0.6 is 0 Å². The zero-order valence-corrected chi connectivity index (χ0v) is 6.23. The summed E-state index contributed by atoms with van der Waals surface area (Å²) < 4.78 is 0. The Kier molecular flexibility index (Phi) is 1.17. The third-order valence-corrected chi connectivity index (χ3v) is 3.31. The van der Waals surface area contributed by atoms with Gasteiger partial charge in [0.1, 0.15) is 5.78 Å². The second-order valence-electron chi connectivity index (χ2n) is 3.67. The lowest BCUT2D eigenvalue weighted by Gasteiger charge is -2.21. The van der Waals surface area contributed by atoms with Crippen LogP contribution in [-0.4, -0.2) is 5.78 Å². The Hall–Kier alpha value is -0.330. The van der Waals surface area contributed by atoms with Gasteiger partial charge in [0.2, 0.25) is 0 Å². The molecule has 10 heavy (non-hydrogen) atoms. The Balaban J connectivity index is 2.30. The highest BCUT2D eigenvalue weighted by molar-refractivity contribution is 5.91. The summed E-state index contributed by atoms with van der Waals surface area (Å²) in [6, 6.07) is 0. The van der Waals surface area contributed by atoms with E-state index in [1.54, 1.807) is 0 Å². The zero-order chi connectivity index (χ0) is 7.19. The van der Waals surface area contributed by atoms with E-state index in [2.05, 4.69) is 6.92 Å². The van der Waals surface area contributed by atoms with E-state index in [-0.39, 0.29) is 5.41 Å². The molecule has 0 heterocycles. The van der Waals surface area contributed by atoms with Gasteiger partial charge in [-0.25, -0.2) is 0 Å². The highest BCUT2D eigenvalue weighted by Gasteiger charge is 2.51. The Labute approximate surface area is 61.8 Å². The molecule has 55 valence electrons. The van der Waals surface area contributed by atoms with Crippen LogP contribution in [0, 0.1) is 18.3 Å². The minimum atomic E-state index is 0.0602. The van der Waals surface area contributed by atoms with E-state index in [0.29, 0.717) is 11.7 Å². The van der Waals surface area contributed by atoms with Crippen molar-refractivity contribution >= 4 is 5.78 Å². The molecule has 0 N–H and O–H groups in total. The Morgan fingerprint density at radius 1 is 1.50 bits per heavy atom. The molecule has 0 unspecified atom stereocenters. The summed E-state index contributed by atoms with van der Waals surface area (Å²) >= 11 is 0. The Bertz CT molecular complexity index is 164. The van der Waals surface area contributed by atoms with Gasteiger partial charge in [-0.15, -0.1) is 0 Å². The average Bonchev–Trinajstić information content (AvgIpc) is 2.46. The monoisotopic (exact) mass is 137 g/mol. The summed E-state index contributed by atoms with van der Waals surface area (Å²) in [7, 11) is 0. The van der Waals surface area contributed by atoms with Crippen molar-refractivity contribution in [1.29, 1.82) is 0 Å². The first-order chi connectivity index (χ1) is 4.78. The van der Waals surface area contributed by atoms with Gasteiger partial charge in [-0.1, -0.05) is 6.92 Å². The number of rotatable bonds is 1. The highest BCUT2D eigenvalue weighted by Crippen LogP contribution is 2.52. The SMILES string of the molecule is [CH2]CC12CCC(CC1)C2=O. The highest BCUT2D eigenvalue weighted by atomic mass is 16.1. The van der Waals surface area contributed by atoms with Crippen molar-refractivity contribution in [3.05, 3.63) is 6.92 Å². The van der Waals surface area contributed by atoms with E-state index in [1.807, 2.05) is 0 Å². The van der Waals surface area contributed by atoms with Crippen LogP contribution in [0.2, 0.25) is 0 Å². The minimum absolute atomic E-state index is 0.0602. The van der Waals surface area contributed by atoms with Crippen molar-refractivity contribution in [3.8, 4) is 0 Å². The van der Waals surface area contributed by atoms with Gasteiger partial charge in [0.25, 0.3) is 0 Å². The van der Waals surface area contributed by atoms with Crippen LogP contribution in [0.25, 0.3) is 0 Å². The molecule has 2 aliphatic rings. The third kappa shape index (κ3) is 0.561. The Morgan fingerprint density at radius 3 is 2.30 bits per heavy atom. The number of hydrogen-bond donors (Lipinski definition) is 0. The number of Topliss-reactive ketones (excluding diaryl/α,β-unsaturated/α-hetero) is 1. The largest absolute Gasteiger partial charge is 0.299 e. The molecule has 0 spiro atoms. The molecule has 2 fully saturated rings. The lowest BCUT2D eigenvalue weighted by atomic mass is 9.81. The molecule has 2 rings (SSSR count). The molecule has 0 aromatic rings. The molecule has 2 saturated carbocycles. The predicted molar refractivity (Wildman–Crippen MR) is 39.4 cm³/mol. The zero-order valence-electron chi connectivity index (χ0n) is 6.23. The quantitative estimate of drug-likeness (QED) is 0.540. The summed E-state index contributed by atoms with van der Waals surface area (Å²) in [5.41, 5.74) is 0.0602. The van der Waals surface area contributed by atoms with Gasteiger partial charge in [-0.05, 0) is 32.1 Å². The van der Waals surface area contributed by atoms with Crippen LogP contribution in [0.1, 0.15) is 32.1 Å². The van der Waals surface area contributed by atoms with Crippen LogP contribution in [-0.2, 0) is 4.79 Å². The van der Waals surface area contributed by atoms with Gasteiger partial charge >= 0.3 is 0 Å². The number of carbonyl (C=O) groups excluding carboxylic acids is 1. The second-order valence-corrected chi connectivity index (χ2v) is 3.67. The summed E-state index contributed by atoms with van der Waals surface area (Å²) in [5.74, 6) is 0.962. The smallest absolute Gasteiger partial charge is 0.142 e. The molecular weight excluding hydrogens is 124 g/mol. The lowest BCUT2D eigenvalue weighted by Crippen LogP contribution is -2.20. The van der Waals surface area contributed by atoms with Gasteiger partial charge in [0, 0.05) is 11.3 Å². The minimum Gasteiger partial charge on any atom is -0.299 e. The molecule has 0 saturated heterocycles. The molecule has 0 aromatic carbocycles. The van der Waals surface area contributed by atoms with Gasteiger partial charge in [-0.3, -0.25) is 4.79 Å². The van der Waals surface area contributed by atoms with Crippen molar-refractivity contribution in [2.75, 3.05) is 0 Å². The third-order valence-electron chi connectivity index (χ3n) is 3.31. The van der Waals surface area contributed by atoms with E-state index in [1.165, 1.54) is 0 Å². The first-order valence-corrected chi connectivity index (χ1v) is 4.12. The van der Waals surface area contributed by atoms with Gasteiger partial charge in [0.05, 0.1) is 0 Å². The molecule has 0 atom stereocenters. The Morgan fingerprint density at radius 2 is 2.10 bits per heavy atom. The van der Waals surface area contributed by atoms with Crippen molar-refractivity contribution in [1.82, 2.24) is 0 Å². The molecular formula is C9H13O. The molecule has 2 aliphatic carbocycles. The van der Waals surface area contributed by atoms with E-state index in [0.717, 1.165) is 32.1 Å². The fourth-order valence-electron chi connectivity index (χ4n) is 2.49. The summed E-state index contributed by atoms with van der Waals surface area (Å²) in [6.45, 7) is 3.87. The molecule has 2 bridgehead atoms. The number of carbonyl (C=O) groups is 1. The number of ketones is 1. The average molecular weight is 137 g/mol. The van der Waals surface area contributed by atoms with Crippen LogP contribution in [0.5, 0.6) is 0 Å². The van der Waals surface area contributed by atoms with Gasteiger partial charge in [-0.2, -0.15) is 0 Å². The maximum atomic E-state index is 11.5. The van der Waals surface area contributed by atoms with Crippen molar-refractivity contribution in [3.63, 3.8) is 0 Å². The fourth-order valence-corrected chi connectivity index (χ4v) is 2.49. The molecule has 0 aromatic heterocycles. The maximum absolute atomic E-state index is 11.5. The van der Waals surface area contributed by atoms with Crippen LogP contribution in [0.3, 0.4) is 0 Å². The van der Waals surface area contributed by atoms with Crippen molar-refractivity contribution in [2.45, 2.75) is 32.1 Å². The first kappa shape index (κ1) is 6.38. The fraction of sp³-hybridized carbons (Fsp3) is 0.778. The molecule has 1 nitrogen and oxygen atoms in total. The molecule has 0 amide bonds. The molecule has 0 aliphatic heterocycles. The van der Waals surface area contributed by atoms with Gasteiger partial charge < -0.3 is 0 Å².